The van der Waals surface area contributed by atoms with Gasteiger partial charge in [0.2, 0.25) is 11.6 Å². The number of rotatable bonds is 5. The molecule has 0 radical (unpaired) electrons. The fourth-order valence-electron chi connectivity index (χ4n) is 2.83. The molecule has 1 fully saturated rings. The summed E-state index contributed by atoms with van der Waals surface area (Å²) in [5.74, 6) is -5.66. The van der Waals surface area contributed by atoms with Crippen molar-refractivity contribution in [3.63, 3.8) is 0 Å². The van der Waals surface area contributed by atoms with Crippen LogP contribution in [-0.2, 0) is 6.54 Å². The Bertz CT molecular complexity index is 734. The molecule has 26 heavy (non-hydrogen) atoms. The molecule has 9 heteroatoms. The van der Waals surface area contributed by atoms with Gasteiger partial charge in [0.05, 0.1) is 0 Å². The van der Waals surface area contributed by atoms with Gasteiger partial charge in [-0.25, -0.2) is 4.98 Å². The van der Waals surface area contributed by atoms with E-state index in [1.165, 1.54) is 0 Å². The second-order valence-corrected chi connectivity index (χ2v) is 6.00. The lowest BCUT2D eigenvalue weighted by Crippen LogP contribution is -2.46. The number of pyridine rings is 2. The normalized spacial score (nSPS) is 15.3. The Balaban J connectivity index is 1.64. The fraction of sp³-hybridized carbons (Fsp3) is 0.412. The van der Waals surface area contributed by atoms with Crippen LogP contribution in [0.1, 0.15) is 12.5 Å². The zero-order valence-electron chi connectivity index (χ0n) is 14.3. The molecule has 3 heterocycles. The molecule has 3 rings (SSSR count). The van der Waals surface area contributed by atoms with Crippen molar-refractivity contribution in [1.82, 2.24) is 14.9 Å². The third-order valence-corrected chi connectivity index (χ3v) is 4.42. The summed E-state index contributed by atoms with van der Waals surface area (Å²) in [4.78, 5) is 11.4. The topological polar surface area (TPSA) is 44.3 Å². The van der Waals surface area contributed by atoms with Crippen molar-refractivity contribution in [3.8, 4) is 0 Å². The van der Waals surface area contributed by atoms with Crippen LogP contribution in [0.2, 0.25) is 0 Å². The van der Waals surface area contributed by atoms with E-state index in [2.05, 4.69) is 32.0 Å². The molecule has 140 valence electrons. The number of piperazine rings is 1. The van der Waals surface area contributed by atoms with Gasteiger partial charge in [-0.1, -0.05) is 13.0 Å². The molecule has 0 bridgehead atoms. The summed E-state index contributed by atoms with van der Waals surface area (Å²) in [6.45, 7) is 6.82. The highest BCUT2D eigenvalue weighted by molar-refractivity contribution is 5.46. The lowest BCUT2D eigenvalue weighted by Gasteiger charge is -2.34. The first-order chi connectivity index (χ1) is 12.5. The first kappa shape index (κ1) is 18.4. The average Bonchev–Trinajstić information content (AvgIpc) is 2.67. The molecule has 0 aliphatic carbocycles. The minimum atomic E-state index is -1.69. The smallest absolute Gasteiger partial charge is 0.253 e. The minimum absolute atomic E-state index is 0.0341. The Hall–Kier alpha value is -2.42. The van der Waals surface area contributed by atoms with Gasteiger partial charge in [-0.05, 0) is 18.2 Å². The molecule has 0 aromatic carbocycles. The van der Waals surface area contributed by atoms with Gasteiger partial charge in [0, 0.05) is 38.9 Å². The van der Waals surface area contributed by atoms with E-state index in [9.17, 15) is 17.6 Å². The van der Waals surface area contributed by atoms with E-state index >= 15 is 0 Å². The predicted octanol–water partition coefficient (Wildman–Crippen LogP) is 2.79. The van der Waals surface area contributed by atoms with Crippen molar-refractivity contribution in [2.75, 3.05) is 42.9 Å². The average molecular weight is 369 g/mol. The number of aromatic nitrogens is 2. The van der Waals surface area contributed by atoms with Crippen molar-refractivity contribution in [2.24, 2.45) is 0 Å². The Morgan fingerprint density at radius 2 is 1.65 bits per heavy atom. The van der Waals surface area contributed by atoms with Gasteiger partial charge in [-0.15, -0.1) is 0 Å². The van der Waals surface area contributed by atoms with E-state index in [4.69, 9.17) is 0 Å². The summed E-state index contributed by atoms with van der Waals surface area (Å²) in [5.41, 5.74) is -0.257. The summed E-state index contributed by atoms with van der Waals surface area (Å²) in [6.07, 6.45) is 1.57. The van der Waals surface area contributed by atoms with Crippen LogP contribution in [0, 0.1) is 23.5 Å². The maximum atomic E-state index is 13.6. The molecule has 0 spiro atoms. The quantitative estimate of drug-likeness (QED) is 0.649. The molecule has 0 amide bonds. The SMILES string of the molecule is CCN1CCN(c2ccc(CNc3c(F)c(F)nc(F)c3F)cn2)CC1. The summed E-state index contributed by atoms with van der Waals surface area (Å²) in [7, 11) is 0. The minimum Gasteiger partial charge on any atom is -0.376 e. The molecule has 0 atom stereocenters. The zero-order chi connectivity index (χ0) is 18.7. The number of nitrogens with zero attached hydrogens (tertiary/aromatic N) is 4. The molecule has 2 aromatic heterocycles. The molecule has 1 aliphatic rings. The van der Waals surface area contributed by atoms with Gasteiger partial charge in [0.25, 0.3) is 11.9 Å². The lowest BCUT2D eigenvalue weighted by atomic mass is 10.2. The van der Waals surface area contributed by atoms with Crippen molar-refractivity contribution in [2.45, 2.75) is 13.5 Å². The van der Waals surface area contributed by atoms with E-state index < -0.39 is 29.2 Å². The lowest BCUT2D eigenvalue weighted by molar-refractivity contribution is 0.270. The molecule has 1 N–H and O–H groups in total. The van der Waals surface area contributed by atoms with Crippen molar-refractivity contribution < 1.29 is 17.6 Å². The summed E-state index contributed by atoms with van der Waals surface area (Å²) in [6, 6.07) is 3.57. The van der Waals surface area contributed by atoms with Crippen LogP contribution in [0.15, 0.2) is 18.3 Å². The van der Waals surface area contributed by atoms with Crippen molar-refractivity contribution >= 4 is 11.5 Å². The predicted molar refractivity (Wildman–Crippen MR) is 90.0 cm³/mol. The van der Waals surface area contributed by atoms with Crippen LogP contribution in [0.25, 0.3) is 0 Å². The van der Waals surface area contributed by atoms with Crippen LogP contribution in [-0.4, -0.2) is 47.6 Å². The number of anilines is 2. The number of nitrogens with one attached hydrogen (secondary N) is 1. The van der Waals surface area contributed by atoms with Crippen LogP contribution < -0.4 is 10.2 Å². The maximum Gasteiger partial charge on any atom is 0.253 e. The van der Waals surface area contributed by atoms with E-state index in [0.29, 0.717) is 5.56 Å². The zero-order valence-corrected chi connectivity index (χ0v) is 14.3. The molecule has 2 aromatic rings. The monoisotopic (exact) mass is 369 g/mol. The molecule has 0 unspecified atom stereocenters. The summed E-state index contributed by atoms with van der Waals surface area (Å²) < 4.78 is 53.4. The third-order valence-electron chi connectivity index (χ3n) is 4.42. The number of halogens is 4. The standard InChI is InChI=1S/C17H19F4N5/c1-2-25-5-7-26(8-6-25)12-4-3-11(9-22-12)10-23-15-13(18)16(20)24-17(21)14(15)19/h3-4,9H,2,5-8,10H2,1H3,(H,23,24). The number of hydrogen-bond acceptors (Lipinski definition) is 5. The Morgan fingerprint density at radius 3 is 2.19 bits per heavy atom. The second-order valence-electron chi connectivity index (χ2n) is 6.00. The van der Waals surface area contributed by atoms with E-state index in [1.807, 2.05) is 6.07 Å². The molecular formula is C17H19F4N5. The Morgan fingerprint density at radius 1 is 1.00 bits per heavy atom. The van der Waals surface area contributed by atoms with Gasteiger partial charge in [-0.3, -0.25) is 0 Å². The maximum absolute atomic E-state index is 13.6. The van der Waals surface area contributed by atoms with Crippen LogP contribution in [0.3, 0.4) is 0 Å². The van der Waals surface area contributed by atoms with E-state index in [0.717, 1.165) is 38.5 Å². The fourth-order valence-corrected chi connectivity index (χ4v) is 2.83. The van der Waals surface area contributed by atoms with Crippen molar-refractivity contribution in [3.05, 3.63) is 47.4 Å². The first-order valence-electron chi connectivity index (χ1n) is 8.35. The molecule has 0 saturated carbocycles. The number of likely N-dealkylation sites (N-methyl/N-ethyl adjacent to an activating group) is 1. The van der Waals surface area contributed by atoms with Crippen LogP contribution >= 0.6 is 0 Å². The van der Waals surface area contributed by atoms with Crippen LogP contribution in [0.5, 0.6) is 0 Å². The molecule has 5 nitrogen and oxygen atoms in total. The summed E-state index contributed by atoms with van der Waals surface area (Å²) >= 11 is 0. The number of hydrogen-bond donors (Lipinski definition) is 1. The highest BCUT2D eigenvalue weighted by atomic mass is 19.2. The first-order valence-corrected chi connectivity index (χ1v) is 8.35. The van der Waals surface area contributed by atoms with Gasteiger partial charge in [0.15, 0.2) is 0 Å². The molecular weight excluding hydrogens is 350 g/mol. The van der Waals surface area contributed by atoms with Crippen molar-refractivity contribution in [1.29, 1.82) is 0 Å². The largest absolute Gasteiger partial charge is 0.376 e. The van der Waals surface area contributed by atoms with Gasteiger partial charge in [-0.2, -0.15) is 22.5 Å². The molecule has 1 saturated heterocycles. The highest BCUT2D eigenvalue weighted by Crippen LogP contribution is 2.23. The Kier molecular flexibility index (Phi) is 5.55. The summed E-state index contributed by atoms with van der Waals surface area (Å²) in [5, 5.41) is 2.36. The third kappa shape index (κ3) is 3.87. The van der Waals surface area contributed by atoms with Gasteiger partial charge < -0.3 is 15.1 Å². The van der Waals surface area contributed by atoms with Crippen LogP contribution in [0.4, 0.5) is 29.1 Å². The van der Waals surface area contributed by atoms with Gasteiger partial charge >= 0.3 is 0 Å². The second kappa shape index (κ2) is 7.86. The van der Waals surface area contributed by atoms with E-state index in [-0.39, 0.29) is 6.54 Å². The van der Waals surface area contributed by atoms with E-state index in [1.54, 1.807) is 12.3 Å². The Labute approximate surface area is 148 Å². The molecule has 1 aliphatic heterocycles. The van der Waals surface area contributed by atoms with Gasteiger partial charge in [0.1, 0.15) is 11.5 Å². The highest BCUT2D eigenvalue weighted by Gasteiger charge is 2.20.